The van der Waals surface area contributed by atoms with Gasteiger partial charge in [-0.05, 0) is 50.1 Å². The quantitative estimate of drug-likeness (QED) is 0.288. The molecule has 0 aliphatic heterocycles. The molecule has 170 valence electrons. The van der Waals surface area contributed by atoms with Crippen molar-refractivity contribution in [2.75, 3.05) is 7.11 Å². The van der Waals surface area contributed by atoms with E-state index < -0.39 is 11.9 Å². The number of carbonyl (C=O) groups excluding carboxylic acids is 2. The summed E-state index contributed by atoms with van der Waals surface area (Å²) in [6.45, 7) is 1.76. The van der Waals surface area contributed by atoms with Gasteiger partial charge in [0.05, 0.1) is 23.4 Å². The molecule has 0 bridgehead atoms. The number of furan rings is 1. The first-order chi connectivity index (χ1) is 15.9. The van der Waals surface area contributed by atoms with Crippen LogP contribution in [0.3, 0.4) is 0 Å². The summed E-state index contributed by atoms with van der Waals surface area (Å²) in [6, 6.07) is 11.5. The summed E-state index contributed by atoms with van der Waals surface area (Å²) < 4.78 is 16.5. The van der Waals surface area contributed by atoms with Crippen LogP contribution in [0, 0.1) is 6.92 Å². The smallest absolute Gasteiger partial charge is 0.379 e. The summed E-state index contributed by atoms with van der Waals surface area (Å²) in [5.74, 6) is 0.242. The average molecular weight is 487 g/mol. The Hall–Kier alpha value is -3.29. The molecule has 0 saturated carbocycles. The Bertz CT molecular complexity index is 1270. The van der Waals surface area contributed by atoms with Gasteiger partial charge in [-0.25, -0.2) is 10.2 Å². The molecular formula is C24H20Cl2N2O5. The Labute approximate surface area is 200 Å². The van der Waals surface area contributed by atoms with Crippen molar-refractivity contribution in [3.63, 3.8) is 0 Å². The van der Waals surface area contributed by atoms with Gasteiger partial charge in [-0.3, -0.25) is 4.79 Å². The van der Waals surface area contributed by atoms with E-state index in [1.807, 2.05) is 0 Å². The van der Waals surface area contributed by atoms with Gasteiger partial charge in [-0.2, -0.15) is 5.10 Å². The minimum absolute atomic E-state index is 0.0664. The lowest BCUT2D eigenvalue weighted by Gasteiger charge is -2.14. The van der Waals surface area contributed by atoms with E-state index in [1.165, 1.54) is 19.2 Å². The number of para-hydroxylation sites is 1. The van der Waals surface area contributed by atoms with Gasteiger partial charge in [0, 0.05) is 22.6 Å². The summed E-state index contributed by atoms with van der Waals surface area (Å²) in [4.78, 5) is 25.4. The van der Waals surface area contributed by atoms with Crippen molar-refractivity contribution in [1.82, 2.24) is 5.43 Å². The molecular weight excluding hydrogens is 467 g/mol. The topological polar surface area (TPSA) is 90.1 Å². The second-order valence-electron chi connectivity index (χ2n) is 7.37. The highest BCUT2D eigenvalue weighted by Crippen LogP contribution is 2.32. The van der Waals surface area contributed by atoms with E-state index in [1.54, 1.807) is 37.3 Å². The summed E-state index contributed by atoms with van der Waals surface area (Å²) >= 11 is 12.0. The number of halogens is 2. The molecule has 33 heavy (non-hydrogen) atoms. The molecule has 4 rings (SSSR count). The van der Waals surface area contributed by atoms with Crippen molar-refractivity contribution < 1.29 is 23.5 Å². The van der Waals surface area contributed by atoms with Crippen LogP contribution in [-0.2, 0) is 6.42 Å². The van der Waals surface area contributed by atoms with Gasteiger partial charge >= 0.3 is 5.97 Å². The number of benzene rings is 2. The Balaban J connectivity index is 1.58. The number of nitrogens with zero attached hydrogens (tertiary/aromatic N) is 1. The van der Waals surface area contributed by atoms with E-state index in [0.717, 1.165) is 6.42 Å². The van der Waals surface area contributed by atoms with Crippen LogP contribution in [-0.4, -0.2) is 24.7 Å². The van der Waals surface area contributed by atoms with Gasteiger partial charge in [0.25, 0.3) is 5.91 Å². The van der Waals surface area contributed by atoms with E-state index in [4.69, 9.17) is 37.1 Å². The summed E-state index contributed by atoms with van der Waals surface area (Å²) in [7, 11) is 1.50. The van der Waals surface area contributed by atoms with Crippen molar-refractivity contribution in [1.29, 1.82) is 0 Å². The maximum atomic E-state index is 12.8. The lowest BCUT2D eigenvalue weighted by atomic mass is 9.93. The summed E-state index contributed by atoms with van der Waals surface area (Å²) in [5.41, 5.74) is 4.87. The van der Waals surface area contributed by atoms with Crippen molar-refractivity contribution in [2.24, 2.45) is 5.10 Å². The second kappa shape index (κ2) is 9.68. The molecule has 1 amide bonds. The Morgan fingerprint density at radius 2 is 1.88 bits per heavy atom. The molecule has 0 atom stereocenters. The first-order valence-corrected chi connectivity index (χ1v) is 10.9. The fourth-order valence-electron chi connectivity index (χ4n) is 3.69. The van der Waals surface area contributed by atoms with Crippen molar-refractivity contribution in [2.45, 2.75) is 26.2 Å². The summed E-state index contributed by atoms with van der Waals surface area (Å²) in [5, 5.41) is 4.98. The minimum atomic E-state index is -0.677. The van der Waals surface area contributed by atoms with Crippen molar-refractivity contribution in [3.05, 3.63) is 80.7 Å². The second-order valence-corrected chi connectivity index (χ2v) is 8.22. The Morgan fingerprint density at radius 1 is 1.09 bits per heavy atom. The molecule has 3 aromatic rings. The highest BCUT2D eigenvalue weighted by Gasteiger charge is 2.29. The molecule has 0 fully saturated rings. The average Bonchev–Trinajstić information content (AvgIpc) is 3.16. The zero-order chi connectivity index (χ0) is 23.5. The van der Waals surface area contributed by atoms with Gasteiger partial charge < -0.3 is 13.9 Å². The van der Waals surface area contributed by atoms with Gasteiger partial charge in [-0.15, -0.1) is 0 Å². The van der Waals surface area contributed by atoms with Gasteiger partial charge in [0.2, 0.25) is 5.76 Å². The maximum absolute atomic E-state index is 12.8. The van der Waals surface area contributed by atoms with Crippen molar-refractivity contribution in [3.8, 4) is 11.5 Å². The number of nitrogens with one attached hydrogen (secondary N) is 1. The number of carbonyl (C=O) groups is 2. The molecule has 1 aromatic heterocycles. The number of rotatable bonds is 5. The minimum Gasteiger partial charge on any atom is -0.496 e. The molecule has 1 heterocycles. The van der Waals surface area contributed by atoms with E-state index in [9.17, 15) is 9.59 Å². The first-order valence-electron chi connectivity index (χ1n) is 10.2. The molecule has 0 radical (unpaired) electrons. The number of hydrazone groups is 1. The molecule has 1 aliphatic rings. The van der Waals surface area contributed by atoms with Crippen LogP contribution in [0.1, 0.15) is 50.6 Å². The molecule has 0 unspecified atom stereocenters. The van der Waals surface area contributed by atoms with Crippen LogP contribution in [0.25, 0.3) is 0 Å². The van der Waals surface area contributed by atoms with E-state index in [0.29, 0.717) is 51.8 Å². The first kappa shape index (κ1) is 22.9. The number of aryl methyl sites for hydroxylation is 1. The fourth-order valence-corrected chi connectivity index (χ4v) is 4.14. The Kier molecular flexibility index (Phi) is 6.72. The van der Waals surface area contributed by atoms with Gasteiger partial charge in [-0.1, -0.05) is 35.3 Å². The van der Waals surface area contributed by atoms with Crippen LogP contribution in [0.15, 0.2) is 52.0 Å². The number of methoxy groups -OCH3 is 1. The Morgan fingerprint density at radius 3 is 2.64 bits per heavy atom. The van der Waals surface area contributed by atoms with E-state index in [2.05, 4.69) is 10.5 Å². The van der Waals surface area contributed by atoms with Gasteiger partial charge in [0.15, 0.2) is 0 Å². The third-order valence-electron chi connectivity index (χ3n) is 5.25. The molecule has 7 nitrogen and oxygen atoms in total. The number of esters is 1. The molecule has 0 spiro atoms. The van der Waals surface area contributed by atoms with Gasteiger partial charge in [0.1, 0.15) is 17.3 Å². The van der Waals surface area contributed by atoms with Crippen LogP contribution in [0.5, 0.6) is 11.5 Å². The van der Waals surface area contributed by atoms with E-state index >= 15 is 0 Å². The standard InChI is InChI=1S/C24H20Cl2N2O5/c1-13-21-17(27-28-23(29)15-6-3-4-8-18(15)31-2)7-5-9-20(21)32-22(13)24(30)33-19-11-10-14(25)12-16(19)26/h3-4,6,8,10-12H,5,7,9H2,1-2H3,(H,28,29)/b27-17+. The predicted octanol–water partition coefficient (Wildman–Crippen LogP) is 5.59. The normalized spacial score (nSPS) is 14.0. The number of amides is 1. The maximum Gasteiger partial charge on any atom is 0.379 e. The zero-order valence-corrected chi connectivity index (χ0v) is 19.4. The summed E-state index contributed by atoms with van der Waals surface area (Å²) in [6.07, 6.45) is 2.03. The number of fused-ring (bicyclic) bond motifs is 1. The lowest BCUT2D eigenvalue weighted by molar-refractivity contribution is 0.0698. The van der Waals surface area contributed by atoms with Crippen molar-refractivity contribution >= 4 is 40.8 Å². The number of ether oxygens (including phenoxy) is 2. The highest BCUT2D eigenvalue weighted by molar-refractivity contribution is 6.35. The molecule has 0 saturated heterocycles. The molecule has 1 aliphatic carbocycles. The van der Waals surface area contributed by atoms with E-state index in [-0.39, 0.29) is 16.5 Å². The van der Waals surface area contributed by atoms with Crippen LogP contribution in [0.4, 0.5) is 0 Å². The zero-order valence-electron chi connectivity index (χ0n) is 17.9. The van der Waals surface area contributed by atoms with Crippen LogP contribution < -0.4 is 14.9 Å². The fraction of sp³-hybridized carbons (Fsp3) is 0.208. The SMILES string of the molecule is COc1ccccc1C(=O)N/N=C1\CCCc2oc(C(=O)Oc3ccc(Cl)cc3Cl)c(C)c21. The lowest BCUT2D eigenvalue weighted by Crippen LogP contribution is -2.22. The molecule has 1 N–H and O–H groups in total. The molecule has 9 heteroatoms. The monoisotopic (exact) mass is 486 g/mol. The molecule has 2 aromatic carbocycles. The highest BCUT2D eigenvalue weighted by atomic mass is 35.5. The predicted molar refractivity (Wildman–Crippen MR) is 125 cm³/mol. The van der Waals surface area contributed by atoms with Crippen LogP contribution in [0.2, 0.25) is 10.0 Å². The largest absolute Gasteiger partial charge is 0.496 e. The van der Waals surface area contributed by atoms with Crippen LogP contribution >= 0.6 is 23.2 Å². The number of hydrogen-bond donors (Lipinski definition) is 1. The third kappa shape index (κ3) is 4.74. The number of hydrogen-bond acceptors (Lipinski definition) is 6. The third-order valence-corrected chi connectivity index (χ3v) is 5.78.